The summed E-state index contributed by atoms with van der Waals surface area (Å²) in [5, 5.41) is 0.697. The molecule has 1 fully saturated rings. The SMILES string of the molecule is COc1cc2nc(N3CCCN(C(=O)C4COc5ccccc5O4)CC3)nc(N)c2cc1OC.Cl. The number of benzene rings is 2. The number of para-hydroxylation sites is 2. The van der Waals surface area contributed by atoms with E-state index in [1.807, 2.05) is 34.1 Å². The van der Waals surface area contributed by atoms with E-state index >= 15 is 0 Å². The molecule has 3 heterocycles. The van der Waals surface area contributed by atoms with Gasteiger partial charge < -0.3 is 34.5 Å². The lowest BCUT2D eigenvalue weighted by Gasteiger charge is -2.30. The first-order valence-corrected chi connectivity index (χ1v) is 11.2. The maximum Gasteiger partial charge on any atom is 0.267 e. The van der Waals surface area contributed by atoms with Crippen molar-refractivity contribution < 1.29 is 23.7 Å². The molecule has 2 aliphatic heterocycles. The van der Waals surface area contributed by atoms with Crippen LogP contribution in [0.5, 0.6) is 23.0 Å². The fourth-order valence-corrected chi connectivity index (χ4v) is 4.29. The number of carbonyl (C=O) groups is 1. The number of rotatable bonds is 4. The summed E-state index contributed by atoms with van der Waals surface area (Å²) in [6.07, 6.45) is 0.111. The topological polar surface area (TPSA) is 112 Å². The molecule has 1 saturated heterocycles. The van der Waals surface area contributed by atoms with Crippen molar-refractivity contribution in [2.24, 2.45) is 0 Å². The molecular formula is C24H28ClN5O5. The summed E-state index contributed by atoms with van der Waals surface area (Å²) in [6, 6.07) is 11.0. The van der Waals surface area contributed by atoms with Crippen LogP contribution in [0, 0.1) is 0 Å². The second-order valence-corrected chi connectivity index (χ2v) is 8.16. The summed E-state index contributed by atoms with van der Waals surface area (Å²) in [5.74, 6) is 3.21. The molecule has 186 valence electrons. The predicted octanol–water partition coefficient (Wildman–Crippen LogP) is 2.53. The third-order valence-electron chi connectivity index (χ3n) is 6.09. The highest BCUT2D eigenvalue weighted by molar-refractivity contribution is 5.91. The van der Waals surface area contributed by atoms with Gasteiger partial charge in [-0.05, 0) is 24.6 Å². The average molecular weight is 502 g/mol. The number of amides is 1. The number of hydrogen-bond acceptors (Lipinski definition) is 9. The van der Waals surface area contributed by atoms with Gasteiger partial charge in [0.2, 0.25) is 12.1 Å². The number of fused-ring (bicyclic) bond motifs is 2. The first kappa shape index (κ1) is 24.5. The van der Waals surface area contributed by atoms with Crippen LogP contribution in [0.2, 0.25) is 0 Å². The lowest BCUT2D eigenvalue weighted by Crippen LogP contribution is -2.47. The van der Waals surface area contributed by atoms with Crippen LogP contribution in [0.1, 0.15) is 6.42 Å². The number of halogens is 1. The Kier molecular flexibility index (Phi) is 7.20. The molecule has 1 amide bonds. The van der Waals surface area contributed by atoms with Gasteiger partial charge in [-0.1, -0.05) is 12.1 Å². The molecule has 5 rings (SSSR count). The zero-order chi connectivity index (χ0) is 23.7. The first-order valence-electron chi connectivity index (χ1n) is 11.2. The van der Waals surface area contributed by atoms with E-state index in [9.17, 15) is 4.79 Å². The van der Waals surface area contributed by atoms with Crippen molar-refractivity contribution in [1.82, 2.24) is 14.9 Å². The normalized spacial score (nSPS) is 17.4. The molecule has 2 N–H and O–H groups in total. The number of hydrogen-bond donors (Lipinski definition) is 1. The quantitative estimate of drug-likeness (QED) is 0.576. The molecule has 0 aliphatic carbocycles. The molecule has 1 atom stereocenters. The highest BCUT2D eigenvalue weighted by Gasteiger charge is 2.32. The van der Waals surface area contributed by atoms with Crippen LogP contribution in [0.4, 0.5) is 11.8 Å². The van der Waals surface area contributed by atoms with Gasteiger partial charge >= 0.3 is 0 Å². The molecule has 1 unspecified atom stereocenters. The van der Waals surface area contributed by atoms with Crippen LogP contribution in [0.3, 0.4) is 0 Å². The molecule has 2 aromatic carbocycles. The molecule has 3 aromatic rings. The van der Waals surface area contributed by atoms with Crippen LogP contribution in [-0.4, -0.2) is 73.9 Å². The molecule has 0 bridgehead atoms. The number of aromatic nitrogens is 2. The molecule has 10 nitrogen and oxygen atoms in total. The lowest BCUT2D eigenvalue weighted by molar-refractivity contribution is -0.141. The first-order chi connectivity index (χ1) is 16.6. The van der Waals surface area contributed by atoms with E-state index in [4.69, 9.17) is 29.7 Å². The molecule has 35 heavy (non-hydrogen) atoms. The van der Waals surface area contributed by atoms with E-state index in [2.05, 4.69) is 4.98 Å². The molecule has 1 aromatic heterocycles. The average Bonchev–Trinajstić information content (AvgIpc) is 3.13. The Bertz CT molecular complexity index is 1230. The van der Waals surface area contributed by atoms with Gasteiger partial charge in [0.1, 0.15) is 12.4 Å². The Morgan fingerprint density at radius 3 is 2.54 bits per heavy atom. The molecule has 0 saturated carbocycles. The summed E-state index contributed by atoms with van der Waals surface area (Å²) in [6.45, 7) is 2.62. The van der Waals surface area contributed by atoms with E-state index < -0.39 is 6.10 Å². The van der Waals surface area contributed by atoms with Crippen molar-refractivity contribution in [2.45, 2.75) is 12.5 Å². The zero-order valence-corrected chi connectivity index (χ0v) is 20.4. The van der Waals surface area contributed by atoms with Gasteiger partial charge in [-0.3, -0.25) is 4.79 Å². The summed E-state index contributed by atoms with van der Waals surface area (Å²) in [7, 11) is 3.15. The Balaban J connectivity index is 0.00000289. The number of nitrogens with zero attached hydrogens (tertiary/aromatic N) is 4. The Hall–Kier alpha value is -3.66. The third kappa shape index (κ3) is 4.79. The van der Waals surface area contributed by atoms with E-state index in [0.717, 1.165) is 6.42 Å². The maximum absolute atomic E-state index is 13.1. The van der Waals surface area contributed by atoms with E-state index in [1.54, 1.807) is 26.4 Å². The number of ether oxygens (including phenoxy) is 4. The van der Waals surface area contributed by atoms with Gasteiger partial charge in [0.25, 0.3) is 5.91 Å². The summed E-state index contributed by atoms with van der Waals surface area (Å²) >= 11 is 0. The van der Waals surface area contributed by atoms with E-state index in [0.29, 0.717) is 71.8 Å². The standard InChI is InChI=1S/C24H27N5O5.ClH/c1-31-19-12-15-16(13-20(19)32-2)26-24(27-22(15)25)29-9-5-8-28(10-11-29)23(30)21-14-33-17-6-3-4-7-18(17)34-21;/h3-4,6-7,12-13,21H,5,8-11,14H2,1-2H3,(H2,25,26,27);1H. The highest BCUT2D eigenvalue weighted by atomic mass is 35.5. The molecule has 0 radical (unpaired) electrons. The minimum atomic E-state index is -0.656. The fourth-order valence-electron chi connectivity index (χ4n) is 4.29. The lowest BCUT2D eigenvalue weighted by atomic mass is 10.2. The summed E-state index contributed by atoms with van der Waals surface area (Å²) in [4.78, 5) is 26.3. The number of methoxy groups -OCH3 is 2. The summed E-state index contributed by atoms with van der Waals surface area (Å²) < 4.78 is 22.4. The molecule has 11 heteroatoms. The predicted molar refractivity (Wildman–Crippen MR) is 134 cm³/mol. The second kappa shape index (κ2) is 10.3. The summed E-state index contributed by atoms with van der Waals surface area (Å²) in [5.41, 5.74) is 6.93. The fraction of sp³-hybridized carbons (Fsp3) is 0.375. The maximum atomic E-state index is 13.1. The van der Waals surface area contributed by atoms with E-state index in [1.165, 1.54) is 0 Å². The number of nitrogens with two attached hydrogens (primary N) is 1. The second-order valence-electron chi connectivity index (χ2n) is 8.16. The van der Waals surface area contributed by atoms with Gasteiger partial charge in [0, 0.05) is 37.6 Å². The van der Waals surface area contributed by atoms with Crippen molar-refractivity contribution in [1.29, 1.82) is 0 Å². The molecule has 2 aliphatic rings. The Morgan fingerprint density at radius 1 is 1.03 bits per heavy atom. The van der Waals surface area contributed by atoms with Crippen molar-refractivity contribution >= 4 is 41.0 Å². The number of nitrogen functional groups attached to an aromatic ring is 1. The largest absolute Gasteiger partial charge is 0.493 e. The highest BCUT2D eigenvalue weighted by Crippen LogP contribution is 2.34. The minimum Gasteiger partial charge on any atom is -0.493 e. The van der Waals surface area contributed by atoms with Crippen molar-refractivity contribution in [3.63, 3.8) is 0 Å². The minimum absolute atomic E-state index is 0. The smallest absolute Gasteiger partial charge is 0.267 e. The Labute approximate surface area is 209 Å². The van der Waals surface area contributed by atoms with Crippen LogP contribution in [0.25, 0.3) is 10.9 Å². The van der Waals surface area contributed by atoms with Crippen LogP contribution >= 0.6 is 12.4 Å². The molecule has 0 spiro atoms. The van der Waals surface area contributed by atoms with Gasteiger partial charge in [-0.2, -0.15) is 4.98 Å². The van der Waals surface area contributed by atoms with Crippen molar-refractivity contribution in [3.8, 4) is 23.0 Å². The van der Waals surface area contributed by atoms with E-state index in [-0.39, 0.29) is 24.9 Å². The third-order valence-corrected chi connectivity index (χ3v) is 6.09. The van der Waals surface area contributed by atoms with Gasteiger partial charge in [0.05, 0.1) is 19.7 Å². The van der Waals surface area contributed by atoms with Crippen LogP contribution < -0.4 is 29.6 Å². The monoisotopic (exact) mass is 501 g/mol. The van der Waals surface area contributed by atoms with Crippen LogP contribution in [-0.2, 0) is 4.79 Å². The molecular weight excluding hydrogens is 474 g/mol. The van der Waals surface area contributed by atoms with Gasteiger partial charge in [-0.15, -0.1) is 12.4 Å². The van der Waals surface area contributed by atoms with Gasteiger partial charge in [0.15, 0.2) is 23.0 Å². The van der Waals surface area contributed by atoms with Crippen molar-refractivity contribution in [3.05, 3.63) is 36.4 Å². The number of anilines is 2. The van der Waals surface area contributed by atoms with Gasteiger partial charge in [-0.25, -0.2) is 4.98 Å². The Morgan fingerprint density at radius 2 is 1.77 bits per heavy atom. The zero-order valence-electron chi connectivity index (χ0n) is 19.6. The van der Waals surface area contributed by atoms with Crippen molar-refractivity contribution in [2.75, 3.05) is 57.6 Å². The van der Waals surface area contributed by atoms with Crippen LogP contribution in [0.15, 0.2) is 36.4 Å². The number of carbonyl (C=O) groups excluding carboxylic acids is 1.